The zero-order valence-electron chi connectivity index (χ0n) is 18.6. The molecule has 31 heavy (non-hydrogen) atoms. The highest BCUT2D eigenvalue weighted by atomic mass is 16.5. The number of allylic oxidation sites excluding steroid dienone is 3. The zero-order chi connectivity index (χ0) is 22.1. The van der Waals surface area contributed by atoms with Crippen LogP contribution in [0.25, 0.3) is 0 Å². The van der Waals surface area contributed by atoms with Gasteiger partial charge in [0.15, 0.2) is 6.61 Å². The van der Waals surface area contributed by atoms with Gasteiger partial charge in [-0.25, -0.2) is 0 Å². The van der Waals surface area contributed by atoms with Crippen molar-refractivity contribution in [3.8, 4) is 0 Å². The quantitative estimate of drug-likeness (QED) is 0.759. The number of carbonyl (C=O) groups excluding carboxylic acids is 2. The van der Waals surface area contributed by atoms with Crippen molar-refractivity contribution in [1.29, 1.82) is 0 Å². The van der Waals surface area contributed by atoms with Crippen LogP contribution in [-0.4, -0.2) is 54.4 Å². The standard InChI is InChI=1S/C17H26N2O2.C8H9NO/c1-14-6-4-9-18(12-14)10-5-11-19-15-7-2-3-8-16(15)21-13-17(19)20;9-8(10)6-7-4-2-1-3-5-7/h2,7,14H,3-6,8-13H2,1H3;1-5H,6H2,(H2,9,10)/t14-;/m1./s1. The lowest BCUT2D eigenvalue weighted by molar-refractivity contribution is -0.135. The van der Waals surface area contributed by atoms with Crippen molar-refractivity contribution >= 4 is 11.8 Å². The molecule has 168 valence electrons. The summed E-state index contributed by atoms with van der Waals surface area (Å²) in [5.41, 5.74) is 6.96. The molecule has 0 aromatic heterocycles. The molecule has 6 nitrogen and oxygen atoms in total. The second-order valence-corrected chi connectivity index (χ2v) is 8.61. The summed E-state index contributed by atoms with van der Waals surface area (Å²) < 4.78 is 5.56. The fraction of sp³-hybridized carbons (Fsp3) is 0.520. The molecule has 2 aliphatic heterocycles. The van der Waals surface area contributed by atoms with Crippen LogP contribution < -0.4 is 5.73 Å². The summed E-state index contributed by atoms with van der Waals surface area (Å²) in [5, 5.41) is 0. The molecule has 0 bridgehead atoms. The van der Waals surface area contributed by atoms with Gasteiger partial charge in [-0.1, -0.05) is 43.3 Å². The van der Waals surface area contributed by atoms with Gasteiger partial charge in [-0.3, -0.25) is 9.59 Å². The Hall–Kier alpha value is -2.60. The molecule has 2 amide bonds. The van der Waals surface area contributed by atoms with E-state index in [0.29, 0.717) is 6.42 Å². The highest BCUT2D eigenvalue weighted by Gasteiger charge is 2.27. The van der Waals surface area contributed by atoms with E-state index in [9.17, 15) is 9.59 Å². The Labute approximate surface area is 185 Å². The summed E-state index contributed by atoms with van der Waals surface area (Å²) in [6.45, 7) is 6.90. The van der Waals surface area contributed by atoms with Crippen LogP contribution in [0.15, 0.2) is 53.9 Å². The number of hydrogen-bond donors (Lipinski definition) is 1. The van der Waals surface area contributed by atoms with Crippen molar-refractivity contribution in [3.05, 3.63) is 59.5 Å². The Balaban J connectivity index is 0.000000229. The van der Waals surface area contributed by atoms with Gasteiger partial charge in [0.05, 0.1) is 12.1 Å². The summed E-state index contributed by atoms with van der Waals surface area (Å²) in [7, 11) is 0. The SMILES string of the molecule is C[C@@H]1CCCN(CCCN2C(=O)COC3=C2C=CCC3)C1.NC(=O)Cc1ccccc1. The maximum Gasteiger partial charge on any atom is 0.264 e. The average molecular weight is 426 g/mol. The minimum atomic E-state index is -0.286. The summed E-state index contributed by atoms with van der Waals surface area (Å²) in [5.74, 6) is 1.64. The number of ether oxygens (including phenoxy) is 1. The maximum atomic E-state index is 12.1. The molecule has 4 rings (SSSR count). The van der Waals surface area contributed by atoms with Gasteiger partial charge in [-0.15, -0.1) is 0 Å². The molecule has 1 saturated heterocycles. The Morgan fingerprint density at radius 2 is 2.03 bits per heavy atom. The van der Waals surface area contributed by atoms with Gasteiger partial charge >= 0.3 is 0 Å². The molecule has 1 atom stereocenters. The van der Waals surface area contributed by atoms with E-state index in [1.807, 2.05) is 35.2 Å². The van der Waals surface area contributed by atoms with Crippen molar-refractivity contribution in [2.45, 2.75) is 45.4 Å². The first-order valence-electron chi connectivity index (χ1n) is 11.4. The molecule has 1 fully saturated rings. The number of primary amides is 1. The Morgan fingerprint density at radius 3 is 2.77 bits per heavy atom. The Morgan fingerprint density at radius 1 is 1.23 bits per heavy atom. The predicted octanol–water partition coefficient (Wildman–Crippen LogP) is 3.24. The summed E-state index contributed by atoms with van der Waals surface area (Å²) >= 11 is 0. The van der Waals surface area contributed by atoms with Crippen LogP contribution in [0.2, 0.25) is 0 Å². The van der Waals surface area contributed by atoms with E-state index in [0.717, 1.165) is 55.3 Å². The van der Waals surface area contributed by atoms with Crippen LogP contribution in [0.5, 0.6) is 0 Å². The summed E-state index contributed by atoms with van der Waals surface area (Å²) in [4.78, 5) is 27.0. The van der Waals surface area contributed by atoms with Crippen LogP contribution in [-0.2, 0) is 20.7 Å². The van der Waals surface area contributed by atoms with Crippen LogP contribution in [0.4, 0.5) is 0 Å². The molecule has 1 aromatic carbocycles. The third kappa shape index (κ3) is 7.24. The molecule has 2 heterocycles. The first kappa shape index (κ1) is 23.1. The number of rotatable bonds is 6. The highest BCUT2D eigenvalue weighted by Crippen LogP contribution is 2.27. The van der Waals surface area contributed by atoms with Crippen molar-refractivity contribution in [3.63, 3.8) is 0 Å². The smallest absolute Gasteiger partial charge is 0.264 e. The molecule has 1 aliphatic carbocycles. The number of nitrogens with zero attached hydrogens (tertiary/aromatic N) is 2. The molecule has 2 N–H and O–H groups in total. The van der Waals surface area contributed by atoms with E-state index in [4.69, 9.17) is 10.5 Å². The topological polar surface area (TPSA) is 75.9 Å². The van der Waals surface area contributed by atoms with Crippen LogP contribution >= 0.6 is 0 Å². The third-order valence-corrected chi connectivity index (χ3v) is 5.88. The maximum absolute atomic E-state index is 12.1. The van der Waals surface area contributed by atoms with E-state index in [-0.39, 0.29) is 18.4 Å². The van der Waals surface area contributed by atoms with E-state index in [2.05, 4.69) is 24.0 Å². The van der Waals surface area contributed by atoms with E-state index < -0.39 is 0 Å². The second-order valence-electron chi connectivity index (χ2n) is 8.61. The number of amides is 2. The number of benzene rings is 1. The van der Waals surface area contributed by atoms with Gasteiger partial charge < -0.3 is 20.3 Å². The lowest BCUT2D eigenvalue weighted by Crippen LogP contribution is -2.41. The first-order chi connectivity index (χ1) is 15.0. The normalized spacial score (nSPS) is 21.1. The van der Waals surface area contributed by atoms with E-state index >= 15 is 0 Å². The molecule has 0 spiro atoms. The lowest BCUT2D eigenvalue weighted by Gasteiger charge is -2.34. The summed E-state index contributed by atoms with van der Waals surface area (Å²) in [6.07, 6.45) is 10.2. The van der Waals surface area contributed by atoms with Crippen LogP contribution in [0.1, 0.15) is 44.6 Å². The number of hydrogen-bond acceptors (Lipinski definition) is 4. The minimum Gasteiger partial charge on any atom is -0.486 e. The Kier molecular flexibility index (Phi) is 8.71. The predicted molar refractivity (Wildman–Crippen MR) is 122 cm³/mol. The fourth-order valence-corrected chi connectivity index (χ4v) is 4.36. The largest absolute Gasteiger partial charge is 0.486 e. The molecule has 0 radical (unpaired) electrons. The van der Waals surface area contributed by atoms with E-state index in [1.165, 1.54) is 25.9 Å². The monoisotopic (exact) mass is 425 g/mol. The van der Waals surface area contributed by atoms with Gasteiger partial charge in [-0.05, 0) is 56.3 Å². The van der Waals surface area contributed by atoms with Gasteiger partial charge in [0, 0.05) is 19.5 Å². The van der Waals surface area contributed by atoms with Gasteiger partial charge in [0.25, 0.3) is 5.91 Å². The van der Waals surface area contributed by atoms with E-state index in [1.54, 1.807) is 0 Å². The number of piperidine rings is 1. The molecule has 0 unspecified atom stereocenters. The van der Waals surface area contributed by atoms with Crippen molar-refractivity contribution in [2.75, 3.05) is 32.8 Å². The van der Waals surface area contributed by atoms with Crippen LogP contribution in [0, 0.1) is 5.92 Å². The van der Waals surface area contributed by atoms with Gasteiger partial charge in [-0.2, -0.15) is 0 Å². The molecule has 1 aromatic rings. The number of nitrogens with two attached hydrogens (primary N) is 1. The van der Waals surface area contributed by atoms with Crippen LogP contribution in [0.3, 0.4) is 0 Å². The molecule has 6 heteroatoms. The zero-order valence-corrected chi connectivity index (χ0v) is 18.6. The lowest BCUT2D eigenvalue weighted by atomic mass is 10.0. The molecular weight excluding hydrogens is 390 g/mol. The Bertz CT molecular complexity index is 803. The molecule has 0 saturated carbocycles. The third-order valence-electron chi connectivity index (χ3n) is 5.88. The number of carbonyl (C=O) groups is 2. The van der Waals surface area contributed by atoms with Crippen molar-refractivity contribution in [1.82, 2.24) is 9.80 Å². The average Bonchev–Trinajstić information content (AvgIpc) is 2.76. The van der Waals surface area contributed by atoms with Crippen molar-refractivity contribution < 1.29 is 14.3 Å². The number of likely N-dealkylation sites (tertiary alicyclic amines) is 1. The van der Waals surface area contributed by atoms with Gasteiger partial charge in [0.1, 0.15) is 5.76 Å². The molecular formula is C25H35N3O3. The molecule has 3 aliphatic rings. The first-order valence-corrected chi connectivity index (χ1v) is 11.4. The summed E-state index contributed by atoms with van der Waals surface area (Å²) in [6, 6.07) is 9.44. The minimum absolute atomic E-state index is 0.104. The second kappa shape index (κ2) is 11.7. The highest BCUT2D eigenvalue weighted by molar-refractivity contribution is 5.81. The fourth-order valence-electron chi connectivity index (χ4n) is 4.36. The van der Waals surface area contributed by atoms with Gasteiger partial charge in [0.2, 0.25) is 5.91 Å². The van der Waals surface area contributed by atoms with Crippen molar-refractivity contribution in [2.24, 2.45) is 11.7 Å².